The van der Waals surface area contributed by atoms with Crippen LogP contribution in [0.25, 0.3) is 0 Å². The minimum Gasteiger partial charge on any atom is -0.497 e. The van der Waals surface area contributed by atoms with E-state index in [1.807, 2.05) is 54.3 Å². The van der Waals surface area contributed by atoms with Crippen molar-refractivity contribution < 1.29 is 14.3 Å². The summed E-state index contributed by atoms with van der Waals surface area (Å²) in [5.74, 6) is 1.68. The van der Waals surface area contributed by atoms with Gasteiger partial charge in [0.2, 0.25) is 0 Å². The maximum absolute atomic E-state index is 12.5. The number of ether oxygens (including phenoxy) is 2. The van der Waals surface area contributed by atoms with Crippen molar-refractivity contribution in [1.82, 2.24) is 9.80 Å². The predicted octanol–water partition coefficient (Wildman–Crippen LogP) is 3.36. The molecule has 1 fully saturated rings. The average Bonchev–Trinajstić information content (AvgIpc) is 2.68. The molecule has 0 atom stereocenters. The van der Waals surface area contributed by atoms with Crippen molar-refractivity contribution in [1.29, 1.82) is 0 Å². The third-order valence-corrected chi connectivity index (χ3v) is 4.81. The molecule has 1 saturated heterocycles. The minimum absolute atomic E-state index is 0.0424. The summed E-state index contributed by atoms with van der Waals surface area (Å²) in [5.41, 5.74) is 3.06. The Labute approximate surface area is 160 Å². The lowest BCUT2D eigenvalue weighted by Crippen LogP contribution is -2.49. The Morgan fingerprint density at radius 3 is 2.48 bits per heavy atom. The van der Waals surface area contributed by atoms with E-state index in [1.165, 1.54) is 0 Å². The Morgan fingerprint density at radius 2 is 1.81 bits per heavy atom. The highest BCUT2D eigenvalue weighted by molar-refractivity contribution is 5.89. The van der Waals surface area contributed by atoms with E-state index in [0.717, 1.165) is 47.9 Å². The number of nitrogens with one attached hydrogen (secondary N) is 1. The molecular weight excluding hydrogens is 342 g/mol. The summed E-state index contributed by atoms with van der Waals surface area (Å²) in [4.78, 5) is 16.7. The van der Waals surface area contributed by atoms with E-state index in [0.29, 0.717) is 13.1 Å². The van der Waals surface area contributed by atoms with E-state index in [9.17, 15) is 4.79 Å². The molecule has 2 aromatic rings. The fourth-order valence-corrected chi connectivity index (χ4v) is 3.28. The molecule has 0 unspecified atom stereocenters. The van der Waals surface area contributed by atoms with Gasteiger partial charge in [0.15, 0.2) is 0 Å². The number of aryl methyl sites for hydroxylation is 1. The van der Waals surface area contributed by atoms with E-state index in [2.05, 4.69) is 10.2 Å². The first kappa shape index (κ1) is 19.0. The van der Waals surface area contributed by atoms with Gasteiger partial charge in [-0.05, 0) is 42.8 Å². The lowest BCUT2D eigenvalue weighted by atomic mass is 10.1. The standard InChI is InChI=1S/C21H27N3O3/c1-16-5-4-6-18(13-16)22-21(25)24-11-9-23(10-12-24)15-17-14-19(26-2)7-8-20(17)27-3/h4-8,13-14H,9-12,15H2,1-3H3,(H,22,25). The molecule has 1 aliphatic rings. The molecule has 2 amide bonds. The molecule has 144 valence electrons. The fourth-order valence-electron chi connectivity index (χ4n) is 3.28. The Morgan fingerprint density at radius 1 is 1.04 bits per heavy atom. The molecule has 27 heavy (non-hydrogen) atoms. The van der Waals surface area contributed by atoms with Gasteiger partial charge in [-0.1, -0.05) is 12.1 Å². The lowest BCUT2D eigenvalue weighted by Gasteiger charge is -2.35. The number of nitrogens with zero attached hydrogens (tertiary/aromatic N) is 2. The second-order valence-electron chi connectivity index (χ2n) is 6.74. The summed E-state index contributed by atoms with van der Waals surface area (Å²) in [5, 5.41) is 2.98. The average molecular weight is 369 g/mol. The molecule has 0 bridgehead atoms. The number of hydrogen-bond acceptors (Lipinski definition) is 4. The maximum atomic E-state index is 12.5. The second-order valence-corrected chi connectivity index (χ2v) is 6.74. The first-order chi connectivity index (χ1) is 13.1. The second kappa shape index (κ2) is 8.77. The third-order valence-electron chi connectivity index (χ3n) is 4.81. The number of methoxy groups -OCH3 is 2. The largest absolute Gasteiger partial charge is 0.497 e. The van der Waals surface area contributed by atoms with Crippen molar-refractivity contribution in [2.75, 3.05) is 45.7 Å². The topological polar surface area (TPSA) is 54.0 Å². The zero-order valence-corrected chi connectivity index (χ0v) is 16.2. The molecule has 0 saturated carbocycles. The van der Waals surface area contributed by atoms with Crippen LogP contribution in [0.15, 0.2) is 42.5 Å². The number of piperazine rings is 1. The zero-order valence-electron chi connectivity index (χ0n) is 16.2. The maximum Gasteiger partial charge on any atom is 0.321 e. The van der Waals surface area contributed by atoms with Gasteiger partial charge in [-0.25, -0.2) is 4.79 Å². The molecule has 1 heterocycles. The summed E-state index contributed by atoms with van der Waals surface area (Å²) < 4.78 is 10.8. The van der Waals surface area contributed by atoms with Crippen molar-refractivity contribution in [2.45, 2.75) is 13.5 Å². The van der Waals surface area contributed by atoms with Crippen LogP contribution in [0.3, 0.4) is 0 Å². The van der Waals surface area contributed by atoms with E-state index in [-0.39, 0.29) is 6.03 Å². The first-order valence-electron chi connectivity index (χ1n) is 9.15. The summed E-state index contributed by atoms with van der Waals surface area (Å²) in [6, 6.07) is 13.6. The number of urea groups is 1. The molecule has 1 aliphatic heterocycles. The van der Waals surface area contributed by atoms with Crippen LogP contribution in [-0.2, 0) is 6.54 Å². The SMILES string of the molecule is COc1ccc(OC)c(CN2CCN(C(=O)Nc3cccc(C)c3)CC2)c1. The minimum atomic E-state index is -0.0424. The monoisotopic (exact) mass is 369 g/mol. The number of benzene rings is 2. The van der Waals surface area contributed by atoms with Crippen LogP contribution in [0.1, 0.15) is 11.1 Å². The van der Waals surface area contributed by atoms with E-state index in [4.69, 9.17) is 9.47 Å². The summed E-state index contributed by atoms with van der Waals surface area (Å²) in [6.45, 7) is 5.83. The van der Waals surface area contributed by atoms with Crippen LogP contribution in [0, 0.1) is 6.92 Å². The van der Waals surface area contributed by atoms with Gasteiger partial charge < -0.3 is 19.7 Å². The van der Waals surface area contributed by atoms with Crippen LogP contribution >= 0.6 is 0 Å². The Hall–Kier alpha value is -2.73. The van der Waals surface area contributed by atoms with Gasteiger partial charge in [0.25, 0.3) is 0 Å². The van der Waals surface area contributed by atoms with Gasteiger partial charge in [0.1, 0.15) is 11.5 Å². The molecule has 6 heteroatoms. The smallest absolute Gasteiger partial charge is 0.321 e. The molecular formula is C21H27N3O3. The summed E-state index contributed by atoms with van der Waals surface area (Å²) >= 11 is 0. The van der Waals surface area contributed by atoms with Gasteiger partial charge in [-0.2, -0.15) is 0 Å². The molecule has 0 radical (unpaired) electrons. The molecule has 0 aliphatic carbocycles. The van der Waals surface area contributed by atoms with Crippen molar-refractivity contribution >= 4 is 11.7 Å². The highest BCUT2D eigenvalue weighted by atomic mass is 16.5. The quantitative estimate of drug-likeness (QED) is 0.878. The molecule has 3 rings (SSSR count). The van der Waals surface area contributed by atoms with Gasteiger partial charge in [0.05, 0.1) is 14.2 Å². The Kier molecular flexibility index (Phi) is 6.19. The molecule has 0 aromatic heterocycles. The van der Waals surface area contributed by atoms with E-state index >= 15 is 0 Å². The summed E-state index contributed by atoms with van der Waals surface area (Å²) in [6.07, 6.45) is 0. The Bertz CT molecular complexity index is 786. The predicted molar refractivity (Wildman–Crippen MR) is 107 cm³/mol. The van der Waals surface area contributed by atoms with Gasteiger partial charge in [-0.3, -0.25) is 4.90 Å². The normalized spacial score (nSPS) is 14.7. The highest BCUT2D eigenvalue weighted by Crippen LogP contribution is 2.25. The number of amides is 2. The molecule has 2 aromatic carbocycles. The third kappa shape index (κ3) is 4.92. The number of rotatable bonds is 5. The molecule has 1 N–H and O–H groups in total. The van der Waals surface area contributed by atoms with Gasteiger partial charge in [-0.15, -0.1) is 0 Å². The fraction of sp³-hybridized carbons (Fsp3) is 0.381. The molecule has 6 nitrogen and oxygen atoms in total. The zero-order chi connectivity index (χ0) is 19.2. The van der Waals surface area contributed by atoms with Crippen molar-refractivity contribution in [3.8, 4) is 11.5 Å². The van der Waals surface area contributed by atoms with Crippen LogP contribution in [0.4, 0.5) is 10.5 Å². The number of hydrogen-bond donors (Lipinski definition) is 1. The van der Waals surface area contributed by atoms with Crippen molar-refractivity contribution in [3.05, 3.63) is 53.6 Å². The summed E-state index contributed by atoms with van der Waals surface area (Å²) in [7, 11) is 3.34. The van der Waals surface area contributed by atoms with Crippen LogP contribution in [0.2, 0.25) is 0 Å². The van der Waals surface area contributed by atoms with Crippen LogP contribution in [-0.4, -0.2) is 56.2 Å². The van der Waals surface area contributed by atoms with Crippen molar-refractivity contribution in [3.63, 3.8) is 0 Å². The first-order valence-corrected chi connectivity index (χ1v) is 9.15. The molecule has 0 spiro atoms. The van der Waals surface area contributed by atoms with Crippen LogP contribution in [0.5, 0.6) is 11.5 Å². The Balaban J connectivity index is 1.55. The van der Waals surface area contributed by atoms with Crippen LogP contribution < -0.4 is 14.8 Å². The van der Waals surface area contributed by atoms with E-state index < -0.39 is 0 Å². The lowest BCUT2D eigenvalue weighted by molar-refractivity contribution is 0.142. The van der Waals surface area contributed by atoms with E-state index in [1.54, 1.807) is 14.2 Å². The number of anilines is 1. The highest BCUT2D eigenvalue weighted by Gasteiger charge is 2.22. The van der Waals surface area contributed by atoms with Gasteiger partial charge >= 0.3 is 6.03 Å². The number of carbonyl (C=O) groups is 1. The van der Waals surface area contributed by atoms with Gasteiger partial charge in [0, 0.05) is 44.0 Å². The van der Waals surface area contributed by atoms with Crippen molar-refractivity contribution in [2.24, 2.45) is 0 Å². The number of carbonyl (C=O) groups excluding carboxylic acids is 1.